The van der Waals surface area contributed by atoms with E-state index in [-0.39, 0.29) is 12.0 Å². The van der Waals surface area contributed by atoms with Crippen molar-refractivity contribution in [1.82, 2.24) is 10.3 Å². The van der Waals surface area contributed by atoms with Gasteiger partial charge in [0.25, 0.3) is 11.8 Å². The zero-order valence-electron chi connectivity index (χ0n) is 24.7. The van der Waals surface area contributed by atoms with Gasteiger partial charge in [0.15, 0.2) is 6.29 Å². The zero-order chi connectivity index (χ0) is 30.2. The number of piperidine rings is 1. The molecule has 10 heteroatoms. The fraction of sp³-hybridized carbons (Fsp3) is 0.364. The molecule has 10 nitrogen and oxygen atoms in total. The van der Waals surface area contributed by atoms with E-state index in [1.165, 1.54) is 6.42 Å². The lowest BCUT2D eigenvalue weighted by molar-refractivity contribution is -0.179. The molecule has 0 saturated carbocycles. The number of rotatable bonds is 9. The Labute approximate surface area is 252 Å². The fourth-order valence-corrected chi connectivity index (χ4v) is 5.50. The number of hydrogen-bond acceptors (Lipinski definition) is 8. The van der Waals surface area contributed by atoms with Crippen molar-refractivity contribution in [2.24, 2.45) is 5.10 Å². The van der Waals surface area contributed by atoms with Crippen LogP contribution in [0.3, 0.4) is 0 Å². The summed E-state index contributed by atoms with van der Waals surface area (Å²) < 4.78 is 10.6. The molecule has 0 aromatic heterocycles. The number of hydrogen-bond donors (Lipinski definition) is 3. The molecule has 0 spiro atoms. The normalized spacial score (nSPS) is 19.3. The number of aliphatic hydroxyl groups excluding tert-OH is 1. The first-order valence-corrected chi connectivity index (χ1v) is 14.7. The maximum Gasteiger partial charge on any atom is 0.273 e. The number of nitrogens with zero attached hydrogens (tertiary/aromatic N) is 3. The topological polar surface area (TPSA) is 116 Å². The predicted octanol–water partition coefficient (Wildman–Crippen LogP) is 4.24. The average Bonchev–Trinajstić information content (AvgIpc) is 3.01. The van der Waals surface area contributed by atoms with Gasteiger partial charge in [0, 0.05) is 44.0 Å². The van der Waals surface area contributed by atoms with Crippen LogP contribution in [0.2, 0.25) is 0 Å². The number of methoxy groups -OCH3 is 1. The lowest BCUT2D eigenvalue weighted by Gasteiger charge is -2.34. The molecule has 2 unspecified atom stereocenters. The summed E-state index contributed by atoms with van der Waals surface area (Å²) in [6, 6.07) is 20.2. The largest absolute Gasteiger partial charge is 0.497 e. The minimum atomic E-state index is -0.826. The third-order valence-corrected chi connectivity index (χ3v) is 7.63. The maximum absolute atomic E-state index is 13.4. The van der Waals surface area contributed by atoms with Crippen molar-refractivity contribution < 1.29 is 24.2 Å². The SMILES string of the molecule is COc1ccc(/C=N/NC(=O)c2cc(N3CCCCC3)ccc2NC(=O)c2cccc(CN3CC(C)OC(O)C3)c2)cc1. The van der Waals surface area contributed by atoms with Crippen LogP contribution in [0.4, 0.5) is 11.4 Å². The molecular formula is C33H39N5O5. The molecule has 2 amide bonds. The van der Waals surface area contributed by atoms with Crippen molar-refractivity contribution in [3.8, 4) is 5.75 Å². The van der Waals surface area contributed by atoms with E-state index in [9.17, 15) is 14.7 Å². The maximum atomic E-state index is 13.4. The first-order chi connectivity index (χ1) is 20.9. The number of nitrogens with one attached hydrogen (secondary N) is 2. The summed E-state index contributed by atoms with van der Waals surface area (Å²) >= 11 is 0. The Morgan fingerprint density at radius 1 is 1.02 bits per heavy atom. The van der Waals surface area contributed by atoms with E-state index < -0.39 is 12.2 Å². The van der Waals surface area contributed by atoms with Crippen LogP contribution in [0.25, 0.3) is 0 Å². The number of anilines is 2. The van der Waals surface area contributed by atoms with E-state index in [1.807, 2.05) is 61.5 Å². The number of carbonyl (C=O) groups is 2. The molecule has 43 heavy (non-hydrogen) atoms. The van der Waals surface area contributed by atoms with Crippen LogP contribution in [0, 0.1) is 0 Å². The van der Waals surface area contributed by atoms with Crippen molar-refractivity contribution in [3.63, 3.8) is 0 Å². The molecule has 2 aliphatic heterocycles. The number of carbonyl (C=O) groups excluding carboxylic acids is 2. The second-order valence-corrected chi connectivity index (χ2v) is 11.0. The minimum Gasteiger partial charge on any atom is -0.497 e. The van der Waals surface area contributed by atoms with Crippen molar-refractivity contribution in [3.05, 3.63) is 89.0 Å². The van der Waals surface area contributed by atoms with Crippen molar-refractivity contribution in [2.75, 3.05) is 43.5 Å². The van der Waals surface area contributed by atoms with Crippen LogP contribution >= 0.6 is 0 Å². The van der Waals surface area contributed by atoms with Gasteiger partial charge < -0.3 is 24.8 Å². The molecule has 226 valence electrons. The quantitative estimate of drug-likeness (QED) is 0.254. The van der Waals surface area contributed by atoms with Gasteiger partial charge in [-0.1, -0.05) is 12.1 Å². The van der Waals surface area contributed by atoms with Gasteiger partial charge in [-0.25, -0.2) is 5.43 Å². The van der Waals surface area contributed by atoms with Gasteiger partial charge in [0.1, 0.15) is 5.75 Å². The average molecular weight is 586 g/mol. The van der Waals surface area contributed by atoms with Crippen LogP contribution in [-0.2, 0) is 11.3 Å². The highest BCUT2D eigenvalue weighted by atomic mass is 16.6. The number of morpholine rings is 1. The second kappa shape index (κ2) is 14.3. The summed E-state index contributed by atoms with van der Waals surface area (Å²) in [6.07, 6.45) is 4.06. The van der Waals surface area contributed by atoms with Gasteiger partial charge >= 0.3 is 0 Å². The molecule has 2 heterocycles. The van der Waals surface area contributed by atoms with Gasteiger partial charge in [0.05, 0.1) is 30.7 Å². The predicted molar refractivity (Wildman–Crippen MR) is 167 cm³/mol. The molecule has 0 bridgehead atoms. The highest BCUT2D eigenvalue weighted by molar-refractivity contribution is 6.09. The van der Waals surface area contributed by atoms with E-state index in [2.05, 4.69) is 25.6 Å². The number of aliphatic hydroxyl groups is 1. The number of amides is 2. The number of benzene rings is 3. The van der Waals surface area contributed by atoms with Crippen molar-refractivity contribution in [2.45, 2.75) is 45.1 Å². The van der Waals surface area contributed by atoms with Gasteiger partial charge in [-0.15, -0.1) is 0 Å². The highest BCUT2D eigenvalue weighted by Gasteiger charge is 2.24. The minimum absolute atomic E-state index is 0.0757. The molecule has 2 aliphatic rings. The molecule has 0 radical (unpaired) electrons. The molecule has 2 fully saturated rings. The van der Waals surface area contributed by atoms with E-state index >= 15 is 0 Å². The van der Waals surface area contributed by atoms with Crippen molar-refractivity contribution >= 4 is 29.4 Å². The van der Waals surface area contributed by atoms with Gasteiger partial charge in [0.2, 0.25) is 0 Å². The number of ether oxygens (including phenoxy) is 2. The van der Waals surface area contributed by atoms with Crippen LogP contribution < -0.4 is 20.4 Å². The molecule has 0 aliphatic carbocycles. The lowest BCUT2D eigenvalue weighted by Crippen LogP contribution is -2.45. The smallest absolute Gasteiger partial charge is 0.273 e. The van der Waals surface area contributed by atoms with E-state index in [0.29, 0.717) is 36.4 Å². The molecule has 5 rings (SSSR count). The van der Waals surface area contributed by atoms with E-state index in [0.717, 1.165) is 48.5 Å². The van der Waals surface area contributed by atoms with Crippen molar-refractivity contribution in [1.29, 1.82) is 0 Å². The molecule has 2 saturated heterocycles. The Bertz CT molecular complexity index is 1430. The van der Waals surface area contributed by atoms with E-state index in [1.54, 1.807) is 25.5 Å². The highest BCUT2D eigenvalue weighted by Crippen LogP contribution is 2.27. The Balaban J connectivity index is 1.32. The third kappa shape index (κ3) is 8.19. The molecule has 3 N–H and O–H groups in total. The summed E-state index contributed by atoms with van der Waals surface area (Å²) in [7, 11) is 1.60. The van der Waals surface area contributed by atoms with Gasteiger partial charge in [-0.2, -0.15) is 5.10 Å². The lowest BCUT2D eigenvalue weighted by atomic mass is 10.1. The monoisotopic (exact) mass is 585 g/mol. The van der Waals surface area contributed by atoms with Crippen LogP contribution in [-0.4, -0.2) is 73.7 Å². The van der Waals surface area contributed by atoms with E-state index in [4.69, 9.17) is 9.47 Å². The first kappa shape index (κ1) is 30.2. The Morgan fingerprint density at radius 3 is 2.56 bits per heavy atom. The summed E-state index contributed by atoms with van der Waals surface area (Å²) in [5, 5.41) is 17.1. The third-order valence-electron chi connectivity index (χ3n) is 7.63. The summed E-state index contributed by atoms with van der Waals surface area (Å²) in [5.41, 5.74) is 6.50. The fourth-order valence-electron chi connectivity index (χ4n) is 5.50. The van der Waals surface area contributed by atoms with Crippen LogP contribution in [0.15, 0.2) is 71.8 Å². The number of hydrazone groups is 1. The Morgan fingerprint density at radius 2 is 1.81 bits per heavy atom. The zero-order valence-corrected chi connectivity index (χ0v) is 24.7. The molecule has 3 aromatic carbocycles. The first-order valence-electron chi connectivity index (χ1n) is 14.7. The summed E-state index contributed by atoms with van der Waals surface area (Å²) in [4.78, 5) is 31.2. The summed E-state index contributed by atoms with van der Waals surface area (Å²) in [6.45, 7) is 5.45. The summed E-state index contributed by atoms with van der Waals surface area (Å²) in [5.74, 6) is -0.0115. The molecule has 3 aromatic rings. The van der Waals surface area contributed by atoms with Crippen LogP contribution in [0.1, 0.15) is 58.0 Å². The molecular weight excluding hydrogens is 546 g/mol. The Kier molecular flexibility index (Phi) is 10.0. The standard InChI is InChI=1S/C33H39N5O5/c1-23-20-37(22-31(39)43-23)21-25-7-6-8-26(17-25)32(40)35-30-14-11-27(38-15-4-3-5-16-38)18-29(30)33(41)36-34-19-24-9-12-28(42-2)13-10-24/h6-14,17-19,23,31,39H,3-5,15-16,20-22H2,1-2H3,(H,35,40)(H,36,41)/b34-19+. The van der Waals surface area contributed by atoms with Gasteiger partial charge in [-0.05, 0) is 91.9 Å². The Hall–Kier alpha value is -4.25. The number of β-amino-alcohol motifs (C(OH)–C–C–N with tert-alkyl or cyclic N) is 1. The molecule has 2 atom stereocenters. The van der Waals surface area contributed by atoms with Gasteiger partial charge in [-0.3, -0.25) is 14.5 Å². The second-order valence-electron chi connectivity index (χ2n) is 11.0. The van der Waals surface area contributed by atoms with Crippen LogP contribution in [0.5, 0.6) is 5.75 Å².